The van der Waals surface area contributed by atoms with Gasteiger partial charge in [0.1, 0.15) is 0 Å². The first-order chi connectivity index (χ1) is 6.84. The smallest absolute Gasteiger partial charge is 0.207 e. The summed E-state index contributed by atoms with van der Waals surface area (Å²) in [6.45, 7) is 9.30. The third-order valence-electron chi connectivity index (χ3n) is 2.18. The maximum Gasteiger partial charge on any atom is 0.207 e. The minimum atomic E-state index is 0.683. The van der Waals surface area contributed by atoms with Gasteiger partial charge in [0.2, 0.25) is 6.41 Å². The summed E-state index contributed by atoms with van der Waals surface area (Å²) < 4.78 is 0. The van der Waals surface area contributed by atoms with Crippen LogP contribution in [0.4, 0.5) is 0 Å². The molecule has 1 rings (SSSR count). The molecule has 0 radical (unpaired) electrons. The highest BCUT2D eigenvalue weighted by Crippen LogP contribution is 2.01. The minimum Gasteiger partial charge on any atom is -0.370 e. The Hall–Kier alpha value is -1.23. The number of hydrogen-bond acceptors (Lipinski definition) is 4. The van der Waals surface area contributed by atoms with E-state index in [0.29, 0.717) is 13.0 Å². The monoisotopic (exact) mass is 198 g/mol. The van der Waals surface area contributed by atoms with Crippen molar-refractivity contribution >= 4 is 6.41 Å². The molecule has 5 heteroatoms. The molecular formula is C9H18N4O. The quantitative estimate of drug-likeness (QED) is 0.351. The van der Waals surface area contributed by atoms with Crippen molar-refractivity contribution in [2.45, 2.75) is 0 Å². The van der Waals surface area contributed by atoms with Crippen molar-refractivity contribution in [3.8, 4) is 0 Å². The van der Waals surface area contributed by atoms with Crippen molar-refractivity contribution < 1.29 is 4.79 Å². The predicted octanol–water partition coefficient (Wildman–Crippen LogP) is -1.30. The Morgan fingerprint density at radius 2 is 2.36 bits per heavy atom. The number of nitrogens with zero attached hydrogens (tertiary/aromatic N) is 1. The molecule has 1 fully saturated rings. The van der Waals surface area contributed by atoms with E-state index >= 15 is 0 Å². The van der Waals surface area contributed by atoms with Gasteiger partial charge in [-0.2, -0.15) is 0 Å². The van der Waals surface area contributed by atoms with E-state index in [9.17, 15) is 4.79 Å². The van der Waals surface area contributed by atoms with E-state index < -0.39 is 0 Å². The largest absolute Gasteiger partial charge is 0.370 e. The molecule has 1 aliphatic heterocycles. The maximum atomic E-state index is 9.92. The summed E-state index contributed by atoms with van der Waals surface area (Å²) in [4.78, 5) is 12.1. The van der Waals surface area contributed by atoms with Gasteiger partial charge in [-0.05, 0) is 0 Å². The van der Waals surface area contributed by atoms with Crippen molar-refractivity contribution in [2.75, 3.05) is 39.3 Å². The summed E-state index contributed by atoms with van der Waals surface area (Å²) in [5, 5.41) is 9.01. The SMILES string of the molecule is C=C1NCCN1CCNCCNC=O. The number of amides is 1. The Morgan fingerprint density at radius 1 is 1.50 bits per heavy atom. The van der Waals surface area contributed by atoms with Crippen molar-refractivity contribution in [1.82, 2.24) is 20.9 Å². The molecule has 0 spiro atoms. The highest BCUT2D eigenvalue weighted by Gasteiger charge is 2.12. The van der Waals surface area contributed by atoms with E-state index in [1.807, 2.05) is 0 Å². The highest BCUT2D eigenvalue weighted by atomic mass is 16.1. The first-order valence-electron chi connectivity index (χ1n) is 4.90. The van der Waals surface area contributed by atoms with Crippen LogP contribution in [0.25, 0.3) is 0 Å². The molecule has 1 amide bonds. The second-order valence-corrected chi connectivity index (χ2v) is 3.18. The Bertz CT molecular complexity index is 195. The van der Waals surface area contributed by atoms with Gasteiger partial charge in [-0.3, -0.25) is 4.79 Å². The molecule has 1 aliphatic rings. The molecule has 0 atom stereocenters. The van der Waals surface area contributed by atoms with Gasteiger partial charge in [-0.25, -0.2) is 0 Å². The fraction of sp³-hybridized carbons (Fsp3) is 0.667. The van der Waals surface area contributed by atoms with Gasteiger partial charge in [-0.15, -0.1) is 0 Å². The summed E-state index contributed by atoms with van der Waals surface area (Å²) in [6, 6.07) is 0. The molecule has 1 heterocycles. The van der Waals surface area contributed by atoms with Gasteiger partial charge in [-0.1, -0.05) is 6.58 Å². The van der Waals surface area contributed by atoms with Gasteiger partial charge >= 0.3 is 0 Å². The number of hydrogen-bond donors (Lipinski definition) is 3. The Kier molecular flexibility index (Phi) is 4.85. The number of carbonyl (C=O) groups is 1. The molecule has 14 heavy (non-hydrogen) atoms. The van der Waals surface area contributed by atoms with Crippen molar-refractivity contribution in [3.63, 3.8) is 0 Å². The van der Waals surface area contributed by atoms with E-state index in [0.717, 1.165) is 38.5 Å². The first kappa shape index (κ1) is 10.8. The summed E-state index contributed by atoms with van der Waals surface area (Å²) in [7, 11) is 0. The standard InChI is InChI=1S/C9H18N4O/c1-9-12-5-7-13(9)6-4-10-2-3-11-8-14/h8,10,12H,1-7H2,(H,11,14). The Morgan fingerprint density at radius 3 is 3.00 bits per heavy atom. The zero-order valence-electron chi connectivity index (χ0n) is 8.38. The van der Waals surface area contributed by atoms with Crippen LogP contribution < -0.4 is 16.0 Å². The second-order valence-electron chi connectivity index (χ2n) is 3.18. The zero-order valence-corrected chi connectivity index (χ0v) is 8.38. The lowest BCUT2D eigenvalue weighted by atomic mass is 10.5. The van der Waals surface area contributed by atoms with Gasteiger partial charge in [0.25, 0.3) is 0 Å². The lowest BCUT2D eigenvalue weighted by molar-refractivity contribution is -0.109. The van der Waals surface area contributed by atoms with Crippen LogP contribution in [-0.2, 0) is 4.79 Å². The van der Waals surface area contributed by atoms with E-state index in [2.05, 4.69) is 27.4 Å². The minimum absolute atomic E-state index is 0.683. The van der Waals surface area contributed by atoms with Crippen LogP contribution in [0.15, 0.2) is 12.4 Å². The lowest BCUT2D eigenvalue weighted by Gasteiger charge is -2.17. The summed E-state index contributed by atoms with van der Waals surface area (Å²) in [6.07, 6.45) is 0.716. The van der Waals surface area contributed by atoms with E-state index in [-0.39, 0.29) is 0 Å². The van der Waals surface area contributed by atoms with Crippen LogP contribution in [-0.4, -0.2) is 50.6 Å². The van der Waals surface area contributed by atoms with E-state index in [1.54, 1.807) is 0 Å². The highest BCUT2D eigenvalue weighted by molar-refractivity contribution is 5.45. The van der Waals surface area contributed by atoms with Crippen LogP contribution in [0.3, 0.4) is 0 Å². The van der Waals surface area contributed by atoms with E-state index in [1.165, 1.54) is 0 Å². The van der Waals surface area contributed by atoms with Crippen LogP contribution in [0, 0.1) is 0 Å². The zero-order chi connectivity index (χ0) is 10.2. The molecule has 3 N–H and O–H groups in total. The van der Waals surface area contributed by atoms with Crippen molar-refractivity contribution in [2.24, 2.45) is 0 Å². The van der Waals surface area contributed by atoms with Crippen molar-refractivity contribution in [1.29, 1.82) is 0 Å². The summed E-state index contributed by atoms with van der Waals surface area (Å²) in [5.74, 6) is 1.01. The molecule has 0 bridgehead atoms. The third-order valence-corrected chi connectivity index (χ3v) is 2.18. The predicted molar refractivity (Wildman–Crippen MR) is 55.7 cm³/mol. The Balaban J connectivity index is 1.93. The van der Waals surface area contributed by atoms with Gasteiger partial charge < -0.3 is 20.9 Å². The van der Waals surface area contributed by atoms with Gasteiger partial charge in [0, 0.05) is 39.3 Å². The molecule has 0 aliphatic carbocycles. The molecule has 1 saturated heterocycles. The average Bonchev–Trinajstić information content (AvgIpc) is 2.58. The molecule has 0 aromatic carbocycles. The van der Waals surface area contributed by atoms with Crippen LogP contribution in [0.5, 0.6) is 0 Å². The van der Waals surface area contributed by atoms with Gasteiger partial charge in [0.15, 0.2) is 0 Å². The topological polar surface area (TPSA) is 56.4 Å². The molecule has 0 unspecified atom stereocenters. The summed E-state index contributed by atoms with van der Waals surface area (Å²) >= 11 is 0. The molecule has 5 nitrogen and oxygen atoms in total. The second kappa shape index (κ2) is 6.26. The molecule has 80 valence electrons. The van der Waals surface area contributed by atoms with Crippen molar-refractivity contribution in [3.05, 3.63) is 12.4 Å². The first-order valence-corrected chi connectivity index (χ1v) is 4.90. The number of rotatable bonds is 7. The number of carbonyl (C=O) groups excluding carboxylic acids is 1. The molecule has 0 aromatic heterocycles. The van der Waals surface area contributed by atoms with Crippen LogP contribution >= 0.6 is 0 Å². The fourth-order valence-corrected chi connectivity index (χ4v) is 1.39. The lowest BCUT2D eigenvalue weighted by Crippen LogP contribution is -2.33. The fourth-order valence-electron chi connectivity index (χ4n) is 1.39. The maximum absolute atomic E-state index is 9.92. The third kappa shape index (κ3) is 3.66. The van der Waals surface area contributed by atoms with E-state index in [4.69, 9.17) is 0 Å². The van der Waals surface area contributed by atoms with Gasteiger partial charge in [0.05, 0.1) is 5.82 Å². The average molecular weight is 198 g/mol. The molecular weight excluding hydrogens is 180 g/mol. The Labute approximate surface area is 84.5 Å². The molecule has 0 saturated carbocycles. The summed E-state index contributed by atoms with van der Waals surface area (Å²) in [5.41, 5.74) is 0. The molecule has 0 aromatic rings. The number of nitrogens with one attached hydrogen (secondary N) is 3. The normalized spacial score (nSPS) is 15.4. The van der Waals surface area contributed by atoms with Crippen LogP contribution in [0.1, 0.15) is 0 Å². The van der Waals surface area contributed by atoms with Crippen LogP contribution in [0.2, 0.25) is 0 Å².